The van der Waals surface area contributed by atoms with Gasteiger partial charge in [0.15, 0.2) is 0 Å². The molecule has 0 atom stereocenters. The van der Waals surface area contributed by atoms with Gasteiger partial charge in [-0.2, -0.15) is 0 Å². The number of hydrogen-bond acceptors (Lipinski definition) is 3. The smallest absolute Gasteiger partial charge is 0.129 e. The van der Waals surface area contributed by atoms with Gasteiger partial charge in [0.05, 0.1) is 12.2 Å². The van der Waals surface area contributed by atoms with E-state index in [1.807, 2.05) is 24.3 Å². The largest absolute Gasteiger partial charge is 0.493 e. The van der Waals surface area contributed by atoms with Crippen molar-refractivity contribution in [1.82, 2.24) is 4.90 Å². The van der Waals surface area contributed by atoms with Crippen LogP contribution in [0.2, 0.25) is 0 Å². The average Bonchev–Trinajstić information content (AvgIpc) is 2.96. The Bertz CT molecular complexity index is 458. The molecule has 0 heterocycles. The van der Waals surface area contributed by atoms with Crippen LogP contribution in [0.5, 0.6) is 5.75 Å². The normalized spacial score (nSPS) is 15.5. The minimum atomic E-state index is 0.393. The number of nitrogens with zero attached hydrogens (tertiary/aromatic N) is 1. The minimum Gasteiger partial charge on any atom is -0.493 e. The lowest BCUT2D eigenvalue weighted by atomic mass is 10.1. The van der Waals surface area contributed by atoms with Crippen LogP contribution < -0.4 is 10.5 Å². The molecule has 1 aliphatic carbocycles. The first kappa shape index (κ1) is 16.2. The lowest BCUT2D eigenvalue weighted by Gasteiger charge is -2.20. The van der Waals surface area contributed by atoms with Crippen LogP contribution in [0, 0.1) is 5.92 Å². The second-order valence-electron chi connectivity index (χ2n) is 5.98. The molecule has 1 fully saturated rings. The van der Waals surface area contributed by atoms with Crippen molar-refractivity contribution in [3.05, 3.63) is 29.8 Å². The third kappa shape index (κ3) is 5.29. The molecular formula is C17H26N2OS. The maximum Gasteiger partial charge on any atom is 0.129 e. The fourth-order valence-electron chi connectivity index (χ4n) is 3.04. The van der Waals surface area contributed by atoms with Gasteiger partial charge in [-0.1, -0.05) is 37.2 Å². The van der Waals surface area contributed by atoms with Crippen molar-refractivity contribution >= 4 is 17.2 Å². The van der Waals surface area contributed by atoms with E-state index >= 15 is 0 Å². The molecule has 0 aliphatic heterocycles. The predicted octanol–water partition coefficient (Wildman–Crippen LogP) is 3.21. The van der Waals surface area contributed by atoms with Crippen molar-refractivity contribution in [3.8, 4) is 5.75 Å². The second-order valence-corrected chi connectivity index (χ2v) is 6.41. The van der Waals surface area contributed by atoms with E-state index in [2.05, 4.69) is 11.9 Å². The molecule has 1 aromatic rings. The highest BCUT2D eigenvalue weighted by Gasteiger charge is 2.16. The van der Waals surface area contributed by atoms with Crippen LogP contribution in [0.25, 0.3) is 0 Å². The van der Waals surface area contributed by atoms with Gasteiger partial charge in [-0.05, 0) is 44.4 Å². The predicted molar refractivity (Wildman–Crippen MR) is 91.9 cm³/mol. The van der Waals surface area contributed by atoms with Gasteiger partial charge in [0, 0.05) is 13.1 Å². The molecule has 116 valence electrons. The summed E-state index contributed by atoms with van der Waals surface area (Å²) in [6.07, 6.45) is 6.66. The number of benzene rings is 1. The Kier molecular flexibility index (Phi) is 6.46. The number of nitrogens with two attached hydrogens (primary N) is 1. The van der Waals surface area contributed by atoms with Gasteiger partial charge in [-0.15, -0.1) is 0 Å². The fraction of sp³-hybridized carbons (Fsp3) is 0.588. The average molecular weight is 306 g/mol. The summed E-state index contributed by atoms with van der Waals surface area (Å²) < 4.78 is 5.82. The number of ether oxygens (including phenoxy) is 1. The molecule has 4 heteroatoms. The Labute approximate surface area is 133 Å². The van der Waals surface area contributed by atoms with Crippen LogP contribution in [0.4, 0.5) is 0 Å². The van der Waals surface area contributed by atoms with Crippen LogP contribution >= 0.6 is 12.2 Å². The molecular weight excluding hydrogens is 280 g/mol. The molecule has 2 N–H and O–H groups in total. The first-order valence-electron chi connectivity index (χ1n) is 7.87. The van der Waals surface area contributed by atoms with E-state index < -0.39 is 0 Å². The molecule has 0 radical (unpaired) electrons. The summed E-state index contributed by atoms with van der Waals surface area (Å²) in [4.78, 5) is 2.82. The van der Waals surface area contributed by atoms with Gasteiger partial charge in [-0.25, -0.2) is 0 Å². The lowest BCUT2D eigenvalue weighted by Crippen LogP contribution is -2.26. The van der Waals surface area contributed by atoms with Gasteiger partial charge in [-0.3, -0.25) is 0 Å². The zero-order valence-electron chi connectivity index (χ0n) is 12.9. The van der Waals surface area contributed by atoms with Gasteiger partial charge < -0.3 is 15.4 Å². The van der Waals surface area contributed by atoms with Crippen LogP contribution in [-0.4, -0.2) is 36.6 Å². The summed E-state index contributed by atoms with van der Waals surface area (Å²) in [5.41, 5.74) is 6.53. The topological polar surface area (TPSA) is 38.5 Å². The molecule has 0 unspecified atom stereocenters. The van der Waals surface area contributed by atoms with Crippen molar-refractivity contribution in [2.24, 2.45) is 11.7 Å². The number of rotatable bonds is 8. The van der Waals surface area contributed by atoms with Crippen molar-refractivity contribution in [1.29, 1.82) is 0 Å². The maximum absolute atomic E-state index is 5.82. The van der Waals surface area contributed by atoms with Gasteiger partial charge in [0.2, 0.25) is 0 Å². The van der Waals surface area contributed by atoms with E-state index in [-0.39, 0.29) is 0 Å². The highest BCUT2D eigenvalue weighted by molar-refractivity contribution is 7.80. The minimum absolute atomic E-state index is 0.393. The number of hydrogen-bond donors (Lipinski definition) is 1. The number of thiocarbonyl (C=S) groups is 1. The Morgan fingerprint density at radius 3 is 2.76 bits per heavy atom. The van der Waals surface area contributed by atoms with Crippen LogP contribution in [-0.2, 0) is 0 Å². The molecule has 2 rings (SSSR count). The molecule has 0 aromatic heterocycles. The van der Waals surface area contributed by atoms with E-state index in [1.165, 1.54) is 32.2 Å². The van der Waals surface area contributed by atoms with Crippen LogP contribution in [0.1, 0.15) is 37.7 Å². The standard InChI is InChI=1S/C17H26N2OS/c1-19(13-14-7-2-3-8-14)11-6-12-20-16-10-5-4-9-15(16)17(18)21/h4-5,9-10,14H,2-3,6-8,11-13H2,1H3,(H2,18,21). The van der Waals surface area contributed by atoms with Gasteiger partial charge in [0.1, 0.15) is 10.7 Å². The van der Waals surface area contributed by atoms with E-state index in [0.29, 0.717) is 11.6 Å². The summed E-state index contributed by atoms with van der Waals surface area (Å²) in [6, 6.07) is 7.71. The van der Waals surface area contributed by atoms with E-state index in [0.717, 1.165) is 30.2 Å². The zero-order valence-corrected chi connectivity index (χ0v) is 13.7. The SMILES string of the molecule is CN(CCCOc1ccccc1C(N)=S)CC1CCCC1. The highest BCUT2D eigenvalue weighted by atomic mass is 32.1. The van der Waals surface area contributed by atoms with E-state index in [9.17, 15) is 0 Å². The first-order chi connectivity index (χ1) is 10.2. The Morgan fingerprint density at radius 2 is 2.05 bits per heavy atom. The third-order valence-electron chi connectivity index (χ3n) is 4.14. The van der Waals surface area contributed by atoms with Crippen molar-refractivity contribution in [2.45, 2.75) is 32.1 Å². The first-order valence-corrected chi connectivity index (χ1v) is 8.28. The monoisotopic (exact) mass is 306 g/mol. The van der Waals surface area contributed by atoms with Gasteiger partial charge >= 0.3 is 0 Å². The summed E-state index contributed by atoms with van der Waals surface area (Å²) >= 11 is 5.04. The van der Waals surface area contributed by atoms with Crippen molar-refractivity contribution in [3.63, 3.8) is 0 Å². The molecule has 0 saturated heterocycles. The summed E-state index contributed by atoms with van der Waals surface area (Å²) in [5, 5.41) is 0. The third-order valence-corrected chi connectivity index (χ3v) is 4.36. The number of para-hydroxylation sites is 1. The lowest BCUT2D eigenvalue weighted by molar-refractivity contribution is 0.239. The van der Waals surface area contributed by atoms with Gasteiger partial charge in [0.25, 0.3) is 0 Å². The molecule has 0 bridgehead atoms. The molecule has 3 nitrogen and oxygen atoms in total. The molecule has 1 saturated carbocycles. The fourth-order valence-corrected chi connectivity index (χ4v) is 3.21. The van der Waals surface area contributed by atoms with E-state index in [1.54, 1.807) is 0 Å². The zero-order chi connectivity index (χ0) is 15.1. The molecule has 21 heavy (non-hydrogen) atoms. The second kappa shape index (κ2) is 8.35. The van der Waals surface area contributed by atoms with Crippen molar-refractivity contribution < 1.29 is 4.74 Å². The molecule has 0 spiro atoms. The van der Waals surface area contributed by atoms with E-state index in [4.69, 9.17) is 22.7 Å². The molecule has 0 amide bonds. The summed E-state index contributed by atoms with van der Waals surface area (Å²) in [7, 11) is 2.21. The van der Waals surface area contributed by atoms with Crippen LogP contribution in [0.15, 0.2) is 24.3 Å². The quantitative estimate of drug-likeness (QED) is 0.591. The van der Waals surface area contributed by atoms with Crippen molar-refractivity contribution in [2.75, 3.05) is 26.7 Å². The highest BCUT2D eigenvalue weighted by Crippen LogP contribution is 2.25. The van der Waals surface area contributed by atoms with Crippen LogP contribution in [0.3, 0.4) is 0 Å². The Morgan fingerprint density at radius 1 is 1.33 bits per heavy atom. The molecule has 1 aliphatic rings. The Hall–Kier alpha value is -1.13. The maximum atomic E-state index is 5.82. The Balaban J connectivity index is 1.68. The molecule has 1 aromatic carbocycles. The summed E-state index contributed by atoms with van der Waals surface area (Å²) in [5.74, 6) is 1.70. The summed E-state index contributed by atoms with van der Waals surface area (Å²) in [6.45, 7) is 3.00.